The van der Waals surface area contributed by atoms with Gasteiger partial charge in [-0.2, -0.15) is 0 Å². The third kappa shape index (κ3) is 5.84. The molecular weight excluding hydrogens is 551 g/mol. The molecule has 2 heterocycles. The van der Waals surface area contributed by atoms with Gasteiger partial charge >= 0.3 is 0 Å². The molecule has 0 saturated carbocycles. The molecule has 0 saturated heterocycles. The summed E-state index contributed by atoms with van der Waals surface area (Å²) in [5.41, 5.74) is 6.06. The third-order valence-corrected chi connectivity index (χ3v) is 8.03. The number of halogens is 2. The van der Waals surface area contributed by atoms with Gasteiger partial charge in [0.25, 0.3) is 0 Å². The number of allylic oxidation sites excluding steroid dienone is 2. The lowest BCUT2D eigenvalue weighted by Crippen LogP contribution is -2.15. The molecule has 0 fully saturated rings. The van der Waals surface area contributed by atoms with Crippen molar-refractivity contribution in [1.82, 2.24) is 9.13 Å². The first-order valence-electron chi connectivity index (χ1n) is 11.9. The Balaban J connectivity index is 1.47. The Bertz CT molecular complexity index is 1570. The first-order chi connectivity index (χ1) is 18.6. The van der Waals surface area contributed by atoms with Gasteiger partial charge in [0, 0.05) is 33.9 Å². The summed E-state index contributed by atoms with van der Waals surface area (Å²) in [5, 5.41) is 5.66. The van der Waals surface area contributed by atoms with Gasteiger partial charge in [-0.25, -0.2) is 9.98 Å². The lowest BCUT2D eigenvalue weighted by atomic mass is 10.2. The van der Waals surface area contributed by atoms with Crippen molar-refractivity contribution in [2.45, 2.75) is 13.1 Å². The Morgan fingerprint density at radius 3 is 1.32 bits per heavy atom. The lowest BCUT2D eigenvalue weighted by Gasteiger charge is -2.07. The number of hydrogen-bond acceptors (Lipinski definition) is 4. The molecule has 38 heavy (non-hydrogen) atoms. The van der Waals surface area contributed by atoms with Crippen LogP contribution in [0.5, 0.6) is 0 Å². The quantitative estimate of drug-likeness (QED) is 0.166. The molecular formula is C30H24Cl2N4S2. The molecule has 190 valence electrons. The summed E-state index contributed by atoms with van der Waals surface area (Å²) >= 11 is 15.4. The molecule has 0 aliphatic carbocycles. The van der Waals surface area contributed by atoms with E-state index in [1.54, 1.807) is 22.7 Å². The van der Waals surface area contributed by atoms with Gasteiger partial charge in [0.05, 0.1) is 22.8 Å². The van der Waals surface area contributed by atoms with Crippen LogP contribution in [0.1, 0.15) is 0 Å². The predicted octanol–water partition coefficient (Wildman–Crippen LogP) is 8.89. The maximum atomic E-state index is 6.08. The Morgan fingerprint density at radius 2 is 0.974 bits per heavy atom. The number of hydrogen-bond donors (Lipinski definition) is 0. The van der Waals surface area contributed by atoms with Gasteiger partial charge in [-0.05, 0) is 59.7 Å². The van der Waals surface area contributed by atoms with Crippen LogP contribution in [0.25, 0.3) is 22.5 Å². The highest BCUT2D eigenvalue weighted by Gasteiger charge is 2.09. The van der Waals surface area contributed by atoms with Crippen LogP contribution < -0.4 is 9.60 Å². The molecule has 0 unspecified atom stereocenters. The lowest BCUT2D eigenvalue weighted by molar-refractivity contribution is 0.799. The van der Waals surface area contributed by atoms with Crippen LogP contribution in [0.4, 0.5) is 11.4 Å². The van der Waals surface area contributed by atoms with Gasteiger partial charge in [-0.3, -0.25) is 0 Å². The molecule has 8 heteroatoms. The van der Waals surface area contributed by atoms with Gasteiger partial charge in [-0.15, -0.1) is 35.8 Å². The molecule has 0 bridgehead atoms. The molecule has 4 nitrogen and oxygen atoms in total. The van der Waals surface area contributed by atoms with E-state index in [9.17, 15) is 0 Å². The van der Waals surface area contributed by atoms with Crippen LogP contribution in [-0.2, 0) is 13.1 Å². The van der Waals surface area contributed by atoms with Crippen LogP contribution in [0.2, 0.25) is 10.0 Å². The highest BCUT2D eigenvalue weighted by atomic mass is 35.5. The summed E-state index contributed by atoms with van der Waals surface area (Å²) in [4.78, 5) is 11.6. The molecule has 5 rings (SSSR count). The summed E-state index contributed by atoms with van der Waals surface area (Å²) in [5.74, 6) is 0. The minimum atomic E-state index is 0.658. The number of nitrogens with zero attached hydrogens (tertiary/aromatic N) is 4. The minimum absolute atomic E-state index is 0.658. The third-order valence-electron chi connectivity index (χ3n) is 5.80. The average Bonchev–Trinajstić information content (AvgIpc) is 3.51. The fraction of sp³-hybridized carbons (Fsp3) is 0.0667. The normalized spacial score (nSPS) is 12.2. The van der Waals surface area contributed by atoms with E-state index in [2.05, 4.69) is 33.1 Å². The van der Waals surface area contributed by atoms with Crippen molar-refractivity contribution in [3.05, 3.63) is 129 Å². The summed E-state index contributed by atoms with van der Waals surface area (Å²) in [6, 6.07) is 23.6. The zero-order chi connectivity index (χ0) is 26.5. The molecule has 5 aromatic rings. The fourth-order valence-corrected chi connectivity index (χ4v) is 6.10. The van der Waals surface area contributed by atoms with E-state index in [0.717, 1.165) is 43.5 Å². The molecule has 0 spiro atoms. The van der Waals surface area contributed by atoms with Crippen LogP contribution in [0.15, 0.2) is 119 Å². The zero-order valence-electron chi connectivity index (χ0n) is 20.4. The van der Waals surface area contributed by atoms with Crippen LogP contribution in [-0.4, -0.2) is 9.13 Å². The highest BCUT2D eigenvalue weighted by Crippen LogP contribution is 2.25. The Kier molecular flexibility index (Phi) is 8.25. The number of aromatic nitrogens is 2. The van der Waals surface area contributed by atoms with E-state index in [4.69, 9.17) is 33.2 Å². The summed E-state index contributed by atoms with van der Waals surface area (Å²) in [6.45, 7) is 9.17. The molecule has 0 radical (unpaired) electrons. The average molecular weight is 576 g/mol. The summed E-state index contributed by atoms with van der Waals surface area (Å²) in [7, 11) is 0. The van der Waals surface area contributed by atoms with Crippen LogP contribution in [0.3, 0.4) is 0 Å². The topological polar surface area (TPSA) is 34.6 Å². The van der Waals surface area contributed by atoms with E-state index in [-0.39, 0.29) is 0 Å². The Morgan fingerprint density at radius 1 is 0.605 bits per heavy atom. The van der Waals surface area contributed by atoms with Crippen molar-refractivity contribution < 1.29 is 0 Å². The largest absolute Gasteiger partial charge is 0.313 e. The minimum Gasteiger partial charge on any atom is -0.313 e. The first kappa shape index (κ1) is 26.2. The maximum absolute atomic E-state index is 6.08. The van der Waals surface area contributed by atoms with Gasteiger partial charge < -0.3 is 9.13 Å². The zero-order valence-corrected chi connectivity index (χ0v) is 23.6. The summed E-state index contributed by atoms with van der Waals surface area (Å²) < 4.78 is 4.31. The second-order valence-corrected chi connectivity index (χ2v) is 10.9. The van der Waals surface area contributed by atoms with E-state index in [0.29, 0.717) is 23.1 Å². The molecule has 0 aliphatic heterocycles. The van der Waals surface area contributed by atoms with Gasteiger partial charge in [0.1, 0.15) is 0 Å². The number of rotatable bonds is 8. The maximum Gasteiger partial charge on any atom is 0.190 e. The van der Waals surface area contributed by atoms with Gasteiger partial charge in [0.2, 0.25) is 0 Å². The van der Waals surface area contributed by atoms with Crippen molar-refractivity contribution >= 4 is 57.3 Å². The van der Waals surface area contributed by atoms with Gasteiger partial charge in [0.15, 0.2) is 9.60 Å². The first-order valence-corrected chi connectivity index (χ1v) is 14.4. The monoisotopic (exact) mass is 574 g/mol. The fourth-order valence-electron chi connectivity index (χ4n) is 3.97. The second kappa shape index (κ2) is 12.0. The Labute approximate surface area is 239 Å². The van der Waals surface area contributed by atoms with Crippen molar-refractivity contribution in [2.75, 3.05) is 0 Å². The number of thiazole rings is 2. The van der Waals surface area contributed by atoms with Crippen LogP contribution >= 0.6 is 45.9 Å². The van der Waals surface area contributed by atoms with E-state index >= 15 is 0 Å². The van der Waals surface area contributed by atoms with E-state index in [1.165, 1.54) is 0 Å². The molecule has 0 atom stereocenters. The molecule has 0 amide bonds. The molecule has 2 aromatic heterocycles. The smallest absolute Gasteiger partial charge is 0.190 e. The van der Waals surface area contributed by atoms with Crippen molar-refractivity contribution in [2.24, 2.45) is 9.98 Å². The van der Waals surface area contributed by atoms with Gasteiger partial charge in [-0.1, -0.05) is 59.6 Å². The predicted molar refractivity (Wildman–Crippen MR) is 163 cm³/mol. The molecule has 3 aromatic carbocycles. The summed E-state index contributed by atoms with van der Waals surface area (Å²) in [6.07, 6.45) is 3.76. The van der Waals surface area contributed by atoms with Crippen LogP contribution in [0, 0.1) is 0 Å². The van der Waals surface area contributed by atoms with E-state index in [1.807, 2.05) is 84.9 Å². The SMILES string of the molecule is C=CCn1c(-c2ccc(Cl)cc2)csc1=Nc1ccc(N=c2scc(-c3ccc(Cl)cc3)n2CC=C)cc1. The number of benzene rings is 3. The standard InChI is InChI=1S/C30H24Cl2N4S2/c1-3-17-35-27(21-5-9-23(31)10-6-21)19-37-29(35)33-25-13-15-26(16-14-25)34-30-36(18-4-2)28(20-38-30)22-7-11-24(32)12-8-22/h3-16,19-20H,1-2,17-18H2. The molecule has 0 aliphatic rings. The second-order valence-electron chi connectivity index (χ2n) is 8.36. The van der Waals surface area contributed by atoms with Crippen molar-refractivity contribution in [1.29, 1.82) is 0 Å². The highest BCUT2D eigenvalue weighted by molar-refractivity contribution is 7.07. The van der Waals surface area contributed by atoms with Crippen molar-refractivity contribution in [3.63, 3.8) is 0 Å². The van der Waals surface area contributed by atoms with E-state index < -0.39 is 0 Å². The van der Waals surface area contributed by atoms with Crippen molar-refractivity contribution in [3.8, 4) is 22.5 Å². The molecule has 0 N–H and O–H groups in total. The Hall–Kier alpha value is -3.42.